The molecule has 7 aliphatic rings. The van der Waals surface area contributed by atoms with Crippen LogP contribution in [-0.2, 0) is 16.6 Å². The van der Waals surface area contributed by atoms with Crippen molar-refractivity contribution in [1.29, 1.82) is 0 Å². The number of halogens is 2. The van der Waals surface area contributed by atoms with Gasteiger partial charge in [0, 0.05) is 30.6 Å². The molecule has 0 unspecified atom stereocenters. The zero-order valence-electron chi connectivity index (χ0n) is 20.5. The standard InChI is InChI=1S/C28H37N3O2.2ClH/c32-20-6-5-18-12-24-27-8-7-23-25(19(14-27)16-31(23)26(33)22-2-1-10-29-22)28(27,21(18)13-20)9-11-30(24)15-17-3-4-17;;/h5-6,13,17,19,22-25,29,32H,1-4,7-12,14-16H2;2*1H/t19-,22-,23-,24-,25-,27-,28+;;/m1../s1. The number of likely N-dealkylation sites (tertiary alicyclic amines) is 2. The number of phenolic OH excluding ortho intramolecular Hbond substituents is 1. The quantitative estimate of drug-likeness (QED) is 0.635. The molecule has 7 heteroatoms. The Balaban J connectivity index is 0.00000114. The Kier molecular flexibility index (Phi) is 5.73. The van der Waals surface area contributed by atoms with E-state index in [0.717, 1.165) is 38.3 Å². The number of benzene rings is 1. The molecule has 3 saturated carbocycles. The molecule has 0 aromatic heterocycles. The summed E-state index contributed by atoms with van der Waals surface area (Å²) in [7, 11) is 0. The molecule has 0 radical (unpaired) electrons. The Hall–Kier alpha value is -1.01. The molecular formula is C28H39Cl2N3O2. The van der Waals surface area contributed by atoms with Crippen molar-refractivity contribution in [3.63, 3.8) is 0 Å². The van der Waals surface area contributed by atoms with Gasteiger partial charge in [-0.3, -0.25) is 9.69 Å². The number of fused-ring (bicyclic) bond motifs is 1. The highest BCUT2D eigenvalue weighted by Gasteiger charge is 2.76. The van der Waals surface area contributed by atoms with Crippen LogP contribution in [0.1, 0.15) is 62.5 Å². The lowest BCUT2D eigenvalue weighted by atomic mass is 9.43. The average Bonchev–Trinajstić information content (AvgIpc) is 3.24. The fourth-order valence-corrected chi connectivity index (χ4v) is 10.3. The lowest BCUT2D eigenvalue weighted by molar-refractivity contribution is -0.141. The van der Waals surface area contributed by atoms with E-state index in [1.807, 2.05) is 6.07 Å². The van der Waals surface area contributed by atoms with E-state index in [1.165, 1.54) is 62.7 Å². The van der Waals surface area contributed by atoms with Gasteiger partial charge in [0.25, 0.3) is 0 Å². The van der Waals surface area contributed by atoms with Crippen molar-refractivity contribution in [3.05, 3.63) is 29.3 Å². The Morgan fingerprint density at radius 1 is 1.14 bits per heavy atom. The maximum absolute atomic E-state index is 13.6. The maximum Gasteiger partial charge on any atom is 0.239 e. The van der Waals surface area contributed by atoms with Crippen LogP contribution in [0.25, 0.3) is 0 Å². The molecule has 8 rings (SSSR count). The first-order valence-electron chi connectivity index (χ1n) is 13.7. The summed E-state index contributed by atoms with van der Waals surface area (Å²) in [6, 6.07) is 7.37. The summed E-state index contributed by atoms with van der Waals surface area (Å²) in [5, 5.41) is 14.1. The number of phenols is 1. The van der Waals surface area contributed by atoms with Crippen LogP contribution >= 0.6 is 24.8 Å². The molecular weight excluding hydrogens is 481 g/mol. The number of hydrogen-bond acceptors (Lipinski definition) is 4. The number of nitrogens with zero attached hydrogens (tertiary/aromatic N) is 2. The normalized spacial score (nSPS) is 42.6. The van der Waals surface area contributed by atoms with Gasteiger partial charge in [0.15, 0.2) is 0 Å². The second-order valence-corrected chi connectivity index (χ2v) is 12.6. The van der Waals surface area contributed by atoms with Crippen molar-refractivity contribution in [2.75, 3.05) is 26.2 Å². The molecule has 1 aromatic rings. The molecule has 4 aliphatic carbocycles. The molecule has 4 bridgehead atoms. The Labute approximate surface area is 221 Å². The van der Waals surface area contributed by atoms with Crippen molar-refractivity contribution >= 4 is 30.7 Å². The SMILES string of the molecule is Cl.Cl.O=C([C@H]1CCCN1)N1C[C@H]2C[C@@]34CC[C@@H]1[C@@H]2[C@@]31CCN(CC2CC2)[C@@H]4Cc2ccc(O)cc21. The molecule has 1 amide bonds. The number of nitrogens with one attached hydrogen (secondary N) is 1. The third-order valence-corrected chi connectivity index (χ3v) is 11.4. The molecule has 3 aliphatic heterocycles. The maximum atomic E-state index is 13.6. The van der Waals surface area contributed by atoms with Gasteiger partial charge < -0.3 is 15.3 Å². The first kappa shape index (κ1) is 24.3. The molecule has 3 saturated heterocycles. The van der Waals surface area contributed by atoms with Gasteiger partial charge in [-0.25, -0.2) is 0 Å². The second-order valence-electron chi connectivity index (χ2n) is 12.6. The van der Waals surface area contributed by atoms with Gasteiger partial charge in [-0.15, -0.1) is 24.8 Å². The van der Waals surface area contributed by atoms with Gasteiger partial charge in [0.2, 0.25) is 5.91 Å². The number of hydrogen-bond donors (Lipinski definition) is 2. The van der Waals surface area contributed by atoms with Crippen molar-refractivity contribution in [3.8, 4) is 5.75 Å². The predicted molar refractivity (Wildman–Crippen MR) is 140 cm³/mol. The Morgan fingerprint density at radius 2 is 2.00 bits per heavy atom. The van der Waals surface area contributed by atoms with Gasteiger partial charge in [0.05, 0.1) is 6.04 Å². The lowest BCUT2D eigenvalue weighted by Crippen LogP contribution is -2.70. The van der Waals surface area contributed by atoms with Gasteiger partial charge in [0.1, 0.15) is 5.75 Å². The summed E-state index contributed by atoms with van der Waals surface area (Å²) < 4.78 is 0. The lowest BCUT2D eigenvalue weighted by Gasteiger charge is -2.66. The van der Waals surface area contributed by atoms with Crippen LogP contribution in [0.15, 0.2) is 18.2 Å². The number of amides is 1. The number of piperidine rings is 1. The highest BCUT2D eigenvalue weighted by atomic mass is 35.5. The topological polar surface area (TPSA) is 55.8 Å². The fourth-order valence-electron chi connectivity index (χ4n) is 10.3. The number of rotatable bonds is 3. The molecule has 2 N–H and O–H groups in total. The molecule has 7 atom stereocenters. The zero-order chi connectivity index (χ0) is 21.9. The van der Waals surface area contributed by atoms with Crippen LogP contribution < -0.4 is 5.32 Å². The van der Waals surface area contributed by atoms with E-state index >= 15 is 0 Å². The molecule has 192 valence electrons. The highest BCUT2D eigenvalue weighted by Crippen LogP contribution is 2.75. The number of aromatic hydroxyl groups is 1. The van der Waals surface area contributed by atoms with Gasteiger partial charge >= 0.3 is 0 Å². The first-order valence-corrected chi connectivity index (χ1v) is 13.7. The van der Waals surface area contributed by atoms with Crippen LogP contribution in [0.2, 0.25) is 0 Å². The summed E-state index contributed by atoms with van der Waals surface area (Å²) in [6.07, 6.45) is 11.1. The third-order valence-electron chi connectivity index (χ3n) is 11.4. The largest absolute Gasteiger partial charge is 0.508 e. The van der Waals surface area contributed by atoms with Crippen molar-refractivity contribution < 1.29 is 9.90 Å². The van der Waals surface area contributed by atoms with E-state index in [9.17, 15) is 9.90 Å². The fraction of sp³-hybridized carbons (Fsp3) is 0.750. The minimum Gasteiger partial charge on any atom is -0.508 e. The van der Waals surface area contributed by atoms with E-state index in [-0.39, 0.29) is 36.3 Å². The van der Waals surface area contributed by atoms with E-state index in [2.05, 4.69) is 27.2 Å². The highest BCUT2D eigenvalue weighted by molar-refractivity contribution is 5.85. The van der Waals surface area contributed by atoms with E-state index < -0.39 is 0 Å². The van der Waals surface area contributed by atoms with Gasteiger partial charge in [-0.2, -0.15) is 0 Å². The van der Waals surface area contributed by atoms with Crippen LogP contribution in [0.4, 0.5) is 0 Å². The van der Waals surface area contributed by atoms with Crippen molar-refractivity contribution in [2.24, 2.45) is 23.2 Å². The number of carbonyl (C=O) groups is 1. The van der Waals surface area contributed by atoms with E-state index in [0.29, 0.717) is 41.0 Å². The minimum atomic E-state index is 0. The summed E-state index contributed by atoms with van der Waals surface area (Å²) in [4.78, 5) is 18.8. The molecule has 3 heterocycles. The minimum absolute atomic E-state index is 0. The Morgan fingerprint density at radius 3 is 2.77 bits per heavy atom. The van der Waals surface area contributed by atoms with Crippen LogP contribution in [0.3, 0.4) is 0 Å². The monoisotopic (exact) mass is 519 g/mol. The van der Waals surface area contributed by atoms with Crippen LogP contribution in [-0.4, -0.2) is 65.1 Å². The van der Waals surface area contributed by atoms with Gasteiger partial charge in [-0.05, 0) is 117 Å². The van der Waals surface area contributed by atoms with E-state index in [1.54, 1.807) is 0 Å². The summed E-state index contributed by atoms with van der Waals surface area (Å²) in [5.41, 5.74) is 3.44. The van der Waals surface area contributed by atoms with Crippen molar-refractivity contribution in [1.82, 2.24) is 15.1 Å². The van der Waals surface area contributed by atoms with E-state index in [4.69, 9.17) is 0 Å². The molecule has 0 spiro atoms. The molecule has 5 nitrogen and oxygen atoms in total. The third kappa shape index (κ3) is 3.05. The van der Waals surface area contributed by atoms with Gasteiger partial charge in [-0.1, -0.05) is 6.07 Å². The number of carbonyl (C=O) groups excluding carboxylic acids is 1. The van der Waals surface area contributed by atoms with Crippen LogP contribution in [0.5, 0.6) is 5.75 Å². The zero-order valence-corrected chi connectivity index (χ0v) is 22.1. The summed E-state index contributed by atoms with van der Waals surface area (Å²) in [5.74, 6) is 2.94. The predicted octanol–water partition coefficient (Wildman–Crippen LogP) is 3.89. The van der Waals surface area contributed by atoms with Crippen molar-refractivity contribution in [2.45, 2.75) is 81.3 Å². The molecule has 6 fully saturated rings. The molecule has 1 aromatic carbocycles. The van der Waals surface area contributed by atoms with Crippen LogP contribution in [0, 0.1) is 23.2 Å². The first-order chi connectivity index (χ1) is 16.1. The Bertz CT molecular complexity index is 1030. The summed E-state index contributed by atoms with van der Waals surface area (Å²) in [6.45, 7) is 4.46. The average molecular weight is 521 g/mol. The summed E-state index contributed by atoms with van der Waals surface area (Å²) >= 11 is 0. The smallest absolute Gasteiger partial charge is 0.239 e. The second kappa shape index (κ2) is 8.24. The molecule has 35 heavy (non-hydrogen) atoms.